The Morgan fingerprint density at radius 3 is 0.922 bits per heavy atom. The maximum Gasteiger partial charge on any atom is 0.343 e. The molecular formula is C84H62O18. The summed E-state index contributed by atoms with van der Waals surface area (Å²) in [5.41, 5.74) is 2.47. The van der Waals surface area contributed by atoms with Gasteiger partial charge in [0.2, 0.25) is 0 Å². The van der Waals surface area contributed by atoms with Crippen LogP contribution >= 0.6 is 0 Å². The van der Waals surface area contributed by atoms with E-state index in [1.54, 1.807) is 133 Å². The summed E-state index contributed by atoms with van der Waals surface area (Å²) in [6.45, 7) is 8.05. The van der Waals surface area contributed by atoms with Gasteiger partial charge in [0.05, 0.1) is 59.8 Å². The summed E-state index contributed by atoms with van der Waals surface area (Å²) >= 11 is 0. The van der Waals surface area contributed by atoms with E-state index in [9.17, 15) is 38.4 Å². The molecule has 0 N–H and O–H groups in total. The van der Waals surface area contributed by atoms with Crippen molar-refractivity contribution in [2.24, 2.45) is 0 Å². The summed E-state index contributed by atoms with van der Waals surface area (Å²) in [4.78, 5) is 104. The van der Waals surface area contributed by atoms with E-state index in [1.807, 2.05) is 60.7 Å². The molecule has 0 heterocycles. The summed E-state index contributed by atoms with van der Waals surface area (Å²) in [6.07, 6.45) is 4.78. The van der Waals surface area contributed by atoms with Crippen LogP contribution in [0.3, 0.4) is 0 Å². The smallest absolute Gasteiger partial charge is 0.343 e. The number of benzene rings is 12. The Labute approximate surface area is 584 Å². The average Bonchev–Trinajstić information content (AvgIpc) is 0.750. The third-order valence-corrected chi connectivity index (χ3v) is 16.2. The normalized spacial score (nSPS) is 10.9. The van der Waals surface area contributed by atoms with E-state index in [0.717, 1.165) is 33.7 Å². The van der Waals surface area contributed by atoms with Crippen molar-refractivity contribution in [2.45, 2.75) is 25.7 Å². The van der Waals surface area contributed by atoms with Crippen LogP contribution in [0.4, 0.5) is 0 Å². The van der Waals surface area contributed by atoms with E-state index in [1.165, 1.54) is 48.5 Å². The highest BCUT2D eigenvalue weighted by atomic mass is 16.6. The minimum atomic E-state index is -0.665. The lowest BCUT2D eigenvalue weighted by Gasteiger charge is -2.19. The summed E-state index contributed by atoms with van der Waals surface area (Å²) < 4.78 is 56.6. The zero-order valence-electron chi connectivity index (χ0n) is 54.7. The first-order chi connectivity index (χ1) is 49.7. The Balaban J connectivity index is 0.674. The van der Waals surface area contributed by atoms with Gasteiger partial charge in [0.15, 0.2) is 0 Å². The van der Waals surface area contributed by atoms with Crippen LogP contribution in [0.1, 0.15) is 87.8 Å². The largest absolute Gasteiger partial charge is 0.494 e. The lowest BCUT2D eigenvalue weighted by atomic mass is 9.92. The van der Waals surface area contributed by atoms with E-state index in [4.69, 9.17) is 47.4 Å². The highest BCUT2D eigenvalue weighted by Crippen LogP contribution is 2.46. The average molecular weight is 1360 g/mol. The second kappa shape index (κ2) is 32.3. The number of rotatable bonds is 27. The van der Waals surface area contributed by atoms with Crippen LogP contribution in [0, 0.1) is 0 Å². The molecule has 18 nitrogen and oxygen atoms in total. The summed E-state index contributed by atoms with van der Waals surface area (Å²) in [7, 11) is 0. The van der Waals surface area contributed by atoms with E-state index >= 15 is 0 Å². The maximum absolute atomic E-state index is 14.4. The molecule has 0 saturated carbocycles. The fourth-order valence-electron chi connectivity index (χ4n) is 10.9. The quantitative estimate of drug-likeness (QED) is 0.0202. The minimum Gasteiger partial charge on any atom is -0.494 e. The first-order valence-electron chi connectivity index (χ1n) is 32.4. The third-order valence-electron chi connectivity index (χ3n) is 16.2. The lowest BCUT2D eigenvalue weighted by Crippen LogP contribution is -2.11. The topological polar surface area (TPSA) is 229 Å². The standard InChI is InChI=1S/C84H62O18/c1-3-75(85)95-47-11-9-45-93-65-33-21-55(22-34-65)79(87)97-67-37-25-57(26-38-67)81(89)99-69-41-29-59-49-63(19-17-61(59)51-69)83(91)101-73-43-31-53-13-5-7-15-71(53)77(73)78-72-16-8-6-14-54(72)32-44-74(78)102-84(92)64-20-18-62-52-70(42-30-60(62)50-64)100-82(90)58-27-39-68(40-28-58)98-80(88)56-23-35-66(36-24-56)94-46-10-12-48-96-76(86)4-2/h3-8,13-44,49-52H,1-2,9-12,45-48H2. The van der Waals surface area contributed by atoms with Crippen LogP contribution in [0.2, 0.25) is 0 Å². The second-order valence-electron chi connectivity index (χ2n) is 23.1. The summed E-state index contributed by atoms with van der Waals surface area (Å²) in [5, 5.41) is 5.76. The van der Waals surface area contributed by atoms with Crippen LogP contribution in [-0.4, -0.2) is 74.2 Å². The Hall–Kier alpha value is -13.5. The van der Waals surface area contributed by atoms with Crippen LogP contribution < -0.4 is 37.9 Å². The van der Waals surface area contributed by atoms with Crippen molar-refractivity contribution in [3.63, 3.8) is 0 Å². The van der Waals surface area contributed by atoms with Crippen LogP contribution in [-0.2, 0) is 19.1 Å². The molecule has 506 valence electrons. The number of carbonyl (C=O) groups excluding carboxylic acids is 8. The first-order valence-corrected chi connectivity index (χ1v) is 32.4. The molecule has 0 aliphatic rings. The van der Waals surface area contributed by atoms with E-state index in [-0.39, 0.29) is 81.1 Å². The molecule has 102 heavy (non-hydrogen) atoms. The third kappa shape index (κ3) is 17.1. The van der Waals surface area contributed by atoms with Crippen molar-refractivity contribution in [2.75, 3.05) is 26.4 Å². The highest BCUT2D eigenvalue weighted by Gasteiger charge is 2.25. The van der Waals surface area contributed by atoms with Gasteiger partial charge in [-0.25, -0.2) is 38.4 Å². The zero-order valence-corrected chi connectivity index (χ0v) is 54.7. The van der Waals surface area contributed by atoms with Gasteiger partial charge in [0, 0.05) is 23.3 Å². The van der Waals surface area contributed by atoms with Gasteiger partial charge >= 0.3 is 47.8 Å². The van der Waals surface area contributed by atoms with Gasteiger partial charge in [-0.1, -0.05) is 98.1 Å². The van der Waals surface area contributed by atoms with Crippen LogP contribution in [0.5, 0.6) is 46.0 Å². The number of hydrogen-bond donors (Lipinski definition) is 0. The monoisotopic (exact) mass is 1360 g/mol. The van der Waals surface area contributed by atoms with Crippen molar-refractivity contribution in [1.82, 2.24) is 0 Å². The molecule has 0 aliphatic heterocycles. The van der Waals surface area contributed by atoms with Gasteiger partial charge in [-0.3, -0.25) is 0 Å². The van der Waals surface area contributed by atoms with Crippen molar-refractivity contribution in [1.29, 1.82) is 0 Å². The first kappa shape index (κ1) is 68.5. The predicted octanol–water partition coefficient (Wildman–Crippen LogP) is 17.1. The molecule has 0 amide bonds. The lowest BCUT2D eigenvalue weighted by molar-refractivity contribution is -0.138. The molecule has 0 spiro atoms. The van der Waals surface area contributed by atoms with Crippen molar-refractivity contribution >= 4 is 90.8 Å². The highest BCUT2D eigenvalue weighted by molar-refractivity contribution is 6.12. The molecule has 12 rings (SSSR count). The minimum absolute atomic E-state index is 0.205. The SMILES string of the molecule is C=CC(=O)OCCCCOc1ccc(C(=O)Oc2ccc(C(=O)Oc3ccc4cc(C(=O)Oc5ccc6ccccc6c5-c5c(OC(=O)c6ccc7cc(OC(=O)c8ccc(OC(=O)c9ccc(OCCCCOC(=O)C=C)cc9)cc8)ccc7c6)ccc6ccccc56)ccc4c3)cc2)cc1. The van der Waals surface area contributed by atoms with Crippen molar-refractivity contribution in [3.8, 4) is 57.1 Å². The van der Waals surface area contributed by atoms with Gasteiger partial charge in [-0.2, -0.15) is 0 Å². The molecule has 0 unspecified atom stereocenters. The second-order valence-corrected chi connectivity index (χ2v) is 23.1. The molecule has 12 aromatic carbocycles. The molecule has 0 fully saturated rings. The molecule has 12 aromatic rings. The predicted molar refractivity (Wildman–Crippen MR) is 382 cm³/mol. The van der Waals surface area contributed by atoms with Crippen molar-refractivity contribution < 1.29 is 85.7 Å². The molecule has 18 heteroatoms. The summed E-state index contributed by atoms with van der Waals surface area (Å²) in [5.74, 6) is -2.36. The Bertz CT molecular complexity index is 4870. The Morgan fingerprint density at radius 1 is 0.265 bits per heavy atom. The molecule has 0 aromatic heterocycles. The number of unbranched alkanes of at least 4 members (excludes halogenated alkanes) is 2. The molecule has 0 radical (unpaired) electrons. The number of fused-ring (bicyclic) bond motifs is 4. The van der Waals surface area contributed by atoms with E-state index in [2.05, 4.69) is 13.2 Å². The molecule has 0 saturated heterocycles. The molecule has 0 bridgehead atoms. The van der Waals surface area contributed by atoms with Gasteiger partial charge in [-0.15, -0.1) is 0 Å². The fraction of sp³-hybridized carbons (Fsp3) is 0.0952. The fourth-order valence-corrected chi connectivity index (χ4v) is 10.9. The zero-order chi connectivity index (χ0) is 70.9. The van der Waals surface area contributed by atoms with Crippen LogP contribution in [0.15, 0.2) is 268 Å². The number of carbonyl (C=O) groups is 8. The van der Waals surface area contributed by atoms with Gasteiger partial charge in [-0.05, 0) is 226 Å². The summed E-state index contributed by atoms with van der Waals surface area (Å²) in [6, 6.07) is 67.2. The maximum atomic E-state index is 14.4. The van der Waals surface area contributed by atoms with Gasteiger partial charge < -0.3 is 47.4 Å². The Kier molecular flexibility index (Phi) is 21.6. The van der Waals surface area contributed by atoms with Crippen LogP contribution in [0.25, 0.3) is 54.2 Å². The van der Waals surface area contributed by atoms with E-state index < -0.39 is 47.8 Å². The number of hydrogen-bond acceptors (Lipinski definition) is 18. The molecule has 0 aliphatic carbocycles. The van der Waals surface area contributed by atoms with Crippen molar-refractivity contribution in [3.05, 3.63) is 301 Å². The van der Waals surface area contributed by atoms with Gasteiger partial charge in [0.25, 0.3) is 0 Å². The Morgan fingerprint density at radius 2 is 0.549 bits per heavy atom. The molecule has 0 atom stereocenters. The molecular weight excluding hydrogens is 1300 g/mol. The van der Waals surface area contributed by atoms with Gasteiger partial charge in [0.1, 0.15) is 46.0 Å². The number of ether oxygens (including phenoxy) is 10. The van der Waals surface area contributed by atoms with E-state index in [0.29, 0.717) is 83.1 Å². The number of esters is 8.